The van der Waals surface area contributed by atoms with Crippen molar-refractivity contribution in [1.29, 1.82) is 0 Å². The molecule has 22 heavy (non-hydrogen) atoms. The summed E-state index contributed by atoms with van der Waals surface area (Å²) in [6, 6.07) is 5.76. The lowest BCUT2D eigenvalue weighted by molar-refractivity contribution is 0.226. The molecule has 1 aromatic carbocycles. The summed E-state index contributed by atoms with van der Waals surface area (Å²) in [4.78, 5) is 1.96. The van der Waals surface area contributed by atoms with E-state index in [4.69, 9.17) is 0 Å². The Hall–Kier alpha value is -1.01. The molecule has 0 atom stereocenters. The molecule has 0 saturated heterocycles. The van der Waals surface area contributed by atoms with Gasteiger partial charge >= 0.3 is 5.76 Å². The molecule has 0 aliphatic rings. The second-order valence-electron chi connectivity index (χ2n) is 5.46. The zero-order chi connectivity index (χ0) is 16.8. The van der Waals surface area contributed by atoms with E-state index < -0.39 is 15.6 Å². The van der Waals surface area contributed by atoms with Gasteiger partial charge in [-0.05, 0) is 30.2 Å². The molecule has 0 amide bonds. The van der Waals surface area contributed by atoms with Crippen LogP contribution < -0.4 is 0 Å². The second-order valence-corrected chi connectivity index (χ2v) is 7.38. The summed E-state index contributed by atoms with van der Waals surface area (Å²) >= 11 is 0. The van der Waals surface area contributed by atoms with Gasteiger partial charge in [-0.15, -0.1) is 0 Å². The third-order valence-corrected chi connectivity index (χ3v) is 5.41. The number of nitrogens with zero attached hydrogens (tertiary/aromatic N) is 1. The van der Waals surface area contributed by atoms with Gasteiger partial charge in [-0.25, -0.2) is 8.42 Å². The van der Waals surface area contributed by atoms with Gasteiger partial charge in [0.1, 0.15) is 0 Å². The lowest BCUT2D eigenvalue weighted by Crippen LogP contribution is -2.28. The first-order valence-electron chi connectivity index (χ1n) is 7.68. The quantitative estimate of drug-likeness (QED) is 0.687. The molecule has 126 valence electrons. The van der Waals surface area contributed by atoms with Crippen LogP contribution in [-0.2, 0) is 16.4 Å². The van der Waals surface area contributed by atoms with Gasteiger partial charge in [-0.2, -0.15) is 8.78 Å². The lowest BCUT2D eigenvalue weighted by Gasteiger charge is -2.25. The van der Waals surface area contributed by atoms with E-state index >= 15 is 0 Å². The van der Waals surface area contributed by atoms with E-state index in [1.165, 1.54) is 12.1 Å². The Morgan fingerprint density at radius 3 is 2.00 bits per heavy atom. The van der Waals surface area contributed by atoms with Crippen LogP contribution in [0.3, 0.4) is 0 Å². The normalized spacial score (nSPS) is 12.5. The highest BCUT2D eigenvalue weighted by Gasteiger charge is 2.26. The van der Waals surface area contributed by atoms with Gasteiger partial charge in [0, 0.05) is 13.1 Å². The van der Waals surface area contributed by atoms with E-state index in [0.717, 1.165) is 31.5 Å². The Morgan fingerprint density at radius 1 is 1.05 bits per heavy atom. The fraction of sp³-hybridized carbons (Fsp3) is 0.625. The fourth-order valence-electron chi connectivity index (χ4n) is 2.36. The maximum atomic E-state index is 12.5. The second kappa shape index (κ2) is 8.58. The van der Waals surface area contributed by atoms with Crippen LogP contribution in [0.4, 0.5) is 8.78 Å². The van der Waals surface area contributed by atoms with Crippen molar-refractivity contribution < 1.29 is 17.2 Å². The molecule has 0 aliphatic carbocycles. The molecule has 0 unspecified atom stereocenters. The third kappa shape index (κ3) is 5.02. The molecule has 0 heterocycles. The Labute approximate surface area is 132 Å². The van der Waals surface area contributed by atoms with E-state index in [9.17, 15) is 17.2 Å². The van der Waals surface area contributed by atoms with E-state index in [1.807, 2.05) is 0 Å². The summed E-state index contributed by atoms with van der Waals surface area (Å²) in [5, 5.41) is 0. The Bertz CT molecular complexity index is 540. The van der Waals surface area contributed by atoms with Crippen LogP contribution in [0.15, 0.2) is 29.2 Å². The maximum Gasteiger partial charge on any atom is 0.341 e. The van der Waals surface area contributed by atoms with Crippen molar-refractivity contribution in [1.82, 2.24) is 4.90 Å². The van der Waals surface area contributed by atoms with E-state index in [1.54, 1.807) is 12.1 Å². The highest BCUT2D eigenvalue weighted by atomic mass is 32.2. The van der Waals surface area contributed by atoms with Crippen LogP contribution in [0.1, 0.15) is 39.2 Å². The van der Waals surface area contributed by atoms with Crippen molar-refractivity contribution in [2.75, 3.05) is 13.1 Å². The molecule has 0 aromatic heterocycles. The summed E-state index contributed by atoms with van der Waals surface area (Å²) in [7, 11) is -4.50. The van der Waals surface area contributed by atoms with Crippen molar-refractivity contribution in [3.63, 3.8) is 0 Å². The zero-order valence-electron chi connectivity index (χ0n) is 13.4. The van der Waals surface area contributed by atoms with Crippen LogP contribution in [0.2, 0.25) is 0 Å². The van der Waals surface area contributed by atoms with Crippen LogP contribution in [0.25, 0.3) is 0 Å². The van der Waals surface area contributed by atoms with Gasteiger partial charge in [-0.1, -0.05) is 45.7 Å². The fourth-order valence-corrected chi connectivity index (χ4v) is 3.08. The molecule has 0 radical (unpaired) electrons. The summed E-state index contributed by atoms with van der Waals surface area (Å²) in [5.41, 5.74) is 0.932. The Kier molecular flexibility index (Phi) is 7.42. The number of sulfone groups is 1. The van der Waals surface area contributed by atoms with E-state index in [2.05, 4.69) is 25.7 Å². The minimum Gasteiger partial charge on any atom is -0.299 e. The highest BCUT2D eigenvalue weighted by molar-refractivity contribution is 7.91. The standard InChI is InChI=1S/C16H25F2NO2S/c1-4-13(5-2)11-19(6-3)12-14-7-9-15(10-8-14)22(20,21)16(17)18/h7-10,13,16H,4-6,11-12H2,1-3H3. The summed E-state index contributed by atoms with van der Waals surface area (Å²) in [6.45, 7) is 9.01. The minimum absolute atomic E-state index is 0.325. The van der Waals surface area contributed by atoms with Crippen molar-refractivity contribution in [3.05, 3.63) is 29.8 Å². The molecule has 1 aromatic rings. The molecule has 1 rings (SSSR count). The largest absolute Gasteiger partial charge is 0.341 e. The SMILES string of the molecule is CCC(CC)CN(CC)Cc1ccc(S(=O)(=O)C(F)F)cc1. The van der Waals surface area contributed by atoms with Crippen molar-refractivity contribution in [2.45, 2.75) is 50.8 Å². The third-order valence-electron chi connectivity index (χ3n) is 4.01. The molecule has 0 bridgehead atoms. The van der Waals surface area contributed by atoms with E-state index in [0.29, 0.717) is 12.5 Å². The topological polar surface area (TPSA) is 37.4 Å². The van der Waals surface area contributed by atoms with Gasteiger partial charge in [0.25, 0.3) is 0 Å². The first kappa shape index (κ1) is 19.0. The molecule has 0 aliphatic heterocycles. The van der Waals surface area contributed by atoms with Crippen molar-refractivity contribution in [2.24, 2.45) is 5.92 Å². The molecule has 0 N–H and O–H groups in total. The van der Waals surface area contributed by atoms with Crippen molar-refractivity contribution >= 4 is 9.84 Å². The number of rotatable bonds is 9. The van der Waals surface area contributed by atoms with Crippen LogP contribution in [-0.4, -0.2) is 32.2 Å². The lowest BCUT2D eigenvalue weighted by atomic mass is 10.0. The number of halogens is 2. The number of alkyl halides is 2. The summed E-state index contributed by atoms with van der Waals surface area (Å²) < 4.78 is 47.7. The van der Waals surface area contributed by atoms with Gasteiger partial charge < -0.3 is 0 Å². The smallest absolute Gasteiger partial charge is 0.299 e. The maximum absolute atomic E-state index is 12.5. The average molecular weight is 333 g/mol. The minimum atomic E-state index is -4.50. The van der Waals surface area contributed by atoms with Gasteiger partial charge in [0.15, 0.2) is 0 Å². The zero-order valence-corrected chi connectivity index (χ0v) is 14.2. The monoisotopic (exact) mass is 333 g/mol. The average Bonchev–Trinajstić information content (AvgIpc) is 2.51. The molecule has 0 spiro atoms. The molecular formula is C16H25F2NO2S. The van der Waals surface area contributed by atoms with Gasteiger partial charge in [-0.3, -0.25) is 4.90 Å². The van der Waals surface area contributed by atoms with Crippen LogP contribution in [0, 0.1) is 5.92 Å². The molecule has 0 fully saturated rings. The molecule has 6 heteroatoms. The summed E-state index contributed by atoms with van der Waals surface area (Å²) in [6.07, 6.45) is 2.25. The van der Waals surface area contributed by atoms with Crippen LogP contribution >= 0.6 is 0 Å². The molecular weight excluding hydrogens is 308 g/mol. The van der Waals surface area contributed by atoms with E-state index in [-0.39, 0.29) is 4.90 Å². The summed E-state index contributed by atoms with van der Waals surface area (Å²) in [5.74, 6) is -2.74. The predicted octanol–water partition coefficient (Wildman–Crippen LogP) is 3.94. The molecule has 0 saturated carbocycles. The first-order valence-corrected chi connectivity index (χ1v) is 9.23. The number of hydrogen-bond acceptors (Lipinski definition) is 3. The molecule has 3 nitrogen and oxygen atoms in total. The highest BCUT2D eigenvalue weighted by Crippen LogP contribution is 2.19. The number of hydrogen-bond donors (Lipinski definition) is 0. The Morgan fingerprint density at radius 2 is 1.59 bits per heavy atom. The van der Waals surface area contributed by atoms with Crippen molar-refractivity contribution in [3.8, 4) is 0 Å². The number of benzene rings is 1. The van der Waals surface area contributed by atoms with Gasteiger partial charge in [0.05, 0.1) is 4.90 Å². The van der Waals surface area contributed by atoms with Gasteiger partial charge in [0.2, 0.25) is 9.84 Å². The Balaban J connectivity index is 2.78. The predicted molar refractivity (Wildman–Crippen MR) is 84.7 cm³/mol. The first-order chi connectivity index (χ1) is 10.3. The van der Waals surface area contributed by atoms with Crippen LogP contribution in [0.5, 0.6) is 0 Å².